The molecule has 0 radical (unpaired) electrons. The molecule has 2 aromatic carbocycles. The Kier molecular flexibility index (Phi) is 5.31. The van der Waals surface area contributed by atoms with Gasteiger partial charge in [0, 0.05) is 12.3 Å². The van der Waals surface area contributed by atoms with E-state index in [1.165, 1.54) is 12.1 Å². The van der Waals surface area contributed by atoms with E-state index >= 15 is 0 Å². The van der Waals surface area contributed by atoms with Gasteiger partial charge in [-0.3, -0.25) is 15.1 Å². The van der Waals surface area contributed by atoms with Crippen LogP contribution in [0.4, 0.5) is 15.8 Å². The lowest BCUT2D eigenvalue weighted by Gasteiger charge is -2.26. The topological polar surface area (TPSA) is 84.4 Å². The van der Waals surface area contributed by atoms with E-state index in [0.717, 1.165) is 0 Å². The smallest absolute Gasteiger partial charge is 0.280 e. The fraction of sp³-hybridized carbons (Fsp3) is 0.0833. The molecule has 7 nitrogen and oxygen atoms in total. The van der Waals surface area contributed by atoms with E-state index in [2.05, 4.69) is 10.3 Å². The number of nitro groups is 1. The Bertz CT molecular complexity index is 1340. The van der Waals surface area contributed by atoms with Crippen molar-refractivity contribution < 1.29 is 13.7 Å². The van der Waals surface area contributed by atoms with Crippen LogP contribution < -0.4 is 10.2 Å². The molecule has 0 saturated carbocycles. The fourth-order valence-corrected chi connectivity index (χ4v) is 4.39. The summed E-state index contributed by atoms with van der Waals surface area (Å²) in [6.07, 6.45) is 1.67. The van der Waals surface area contributed by atoms with Gasteiger partial charge in [-0.05, 0) is 54.7 Å². The van der Waals surface area contributed by atoms with E-state index in [-0.39, 0.29) is 5.69 Å². The van der Waals surface area contributed by atoms with Crippen molar-refractivity contribution in [3.8, 4) is 11.3 Å². The highest BCUT2D eigenvalue weighted by Gasteiger charge is 2.43. The van der Waals surface area contributed by atoms with Crippen LogP contribution in [-0.2, 0) is 0 Å². The van der Waals surface area contributed by atoms with Crippen LogP contribution in [0, 0.1) is 15.9 Å². The SMILES string of the molecule is O=[N+]([O-])c1ccccc1-c1ccc(C2C(c3ccccn3)NC(=S)N2c2ccccc2F)o1. The van der Waals surface area contributed by atoms with Crippen molar-refractivity contribution in [1.82, 2.24) is 10.3 Å². The average Bonchev–Trinajstić information content (AvgIpc) is 3.44. The summed E-state index contributed by atoms with van der Waals surface area (Å²) in [4.78, 5) is 17.1. The zero-order chi connectivity index (χ0) is 22.9. The van der Waals surface area contributed by atoms with Crippen molar-refractivity contribution in [2.24, 2.45) is 0 Å². The molecule has 3 heterocycles. The number of nitrogens with one attached hydrogen (secondary N) is 1. The van der Waals surface area contributed by atoms with Crippen LogP contribution in [0.25, 0.3) is 11.3 Å². The Morgan fingerprint density at radius 2 is 1.79 bits per heavy atom. The predicted molar refractivity (Wildman–Crippen MR) is 125 cm³/mol. The molecular weight excluding hydrogens is 443 g/mol. The maximum absolute atomic E-state index is 14.8. The van der Waals surface area contributed by atoms with E-state index in [1.54, 1.807) is 65.7 Å². The minimum absolute atomic E-state index is 0.0642. The summed E-state index contributed by atoms with van der Waals surface area (Å²) in [6, 6.07) is 20.6. The largest absolute Gasteiger partial charge is 0.459 e. The highest BCUT2D eigenvalue weighted by Crippen LogP contribution is 2.44. The Balaban J connectivity index is 1.63. The third kappa shape index (κ3) is 3.72. The van der Waals surface area contributed by atoms with Crippen molar-refractivity contribution >= 4 is 28.7 Å². The summed E-state index contributed by atoms with van der Waals surface area (Å²) >= 11 is 5.58. The standard InChI is InChI=1S/C24H17FN4O3S/c25-16-8-2-4-11-19(16)28-23(22(27-24(28)33)17-9-5-6-14-26-17)21-13-12-20(32-21)15-7-1-3-10-18(15)29(30)31/h1-14,22-23H,(H,27,33). The van der Waals surface area contributed by atoms with E-state index in [0.29, 0.717) is 33.6 Å². The zero-order valence-corrected chi connectivity index (χ0v) is 17.9. The molecule has 4 aromatic rings. The van der Waals surface area contributed by atoms with Crippen molar-refractivity contribution in [3.63, 3.8) is 0 Å². The van der Waals surface area contributed by atoms with Gasteiger partial charge in [-0.15, -0.1) is 0 Å². The van der Waals surface area contributed by atoms with Gasteiger partial charge in [0.05, 0.1) is 27.9 Å². The summed E-state index contributed by atoms with van der Waals surface area (Å²) < 4.78 is 20.9. The molecule has 33 heavy (non-hydrogen) atoms. The lowest BCUT2D eigenvalue weighted by atomic mass is 10.0. The first kappa shape index (κ1) is 20.8. The van der Waals surface area contributed by atoms with Crippen molar-refractivity contribution in [3.05, 3.63) is 112 Å². The van der Waals surface area contributed by atoms with E-state index in [4.69, 9.17) is 16.6 Å². The number of hydrogen-bond donors (Lipinski definition) is 1. The van der Waals surface area contributed by atoms with Crippen LogP contribution in [0.15, 0.2) is 89.5 Å². The van der Waals surface area contributed by atoms with Gasteiger partial charge in [-0.2, -0.15) is 0 Å². The lowest BCUT2D eigenvalue weighted by molar-refractivity contribution is -0.384. The first-order valence-electron chi connectivity index (χ1n) is 10.1. The summed E-state index contributed by atoms with van der Waals surface area (Å²) in [5.41, 5.74) is 1.29. The zero-order valence-electron chi connectivity index (χ0n) is 17.1. The van der Waals surface area contributed by atoms with Gasteiger partial charge in [0.15, 0.2) is 5.11 Å². The molecule has 2 unspecified atom stereocenters. The molecule has 0 spiro atoms. The number of pyridine rings is 1. The Labute approximate surface area is 193 Å². The molecule has 164 valence electrons. The van der Waals surface area contributed by atoms with Gasteiger partial charge in [-0.25, -0.2) is 4.39 Å². The number of para-hydroxylation sites is 2. The van der Waals surface area contributed by atoms with Crippen molar-refractivity contribution in [2.45, 2.75) is 12.1 Å². The molecule has 1 aliphatic heterocycles. The highest BCUT2D eigenvalue weighted by atomic mass is 32.1. The summed E-state index contributed by atoms with van der Waals surface area (Å²) in [5, 5.41) is 15.0. The number of thiocarbonyl (C=S) groups is 1. The second-order valence-electron chi connectivity index (χ2n) is 7.42. The van der Waals surface area contributed by atoms with Crippen LogP contribution in [0.5, 0.6) is 0 Å². The van der Waals surface area contributed by atoms with Gasteiger partial charge < -0.3 is 14.6 Å². The quantitative estimate of drug-likeness (QED) is 0.237. The maximum atomic E-state index is 14.8. The number of nitro benzene ring substituents is 1. The van der Waals surface area contributed by atoms with Crippen LogP contribution in [0.1, 0.15) is 23.5 Å². The number of halogens is 1. The minimum Gasteiger partial charge on any atom is -0.459 e. The number of furan rings is 1. The molecule has 5 rings (SSSR count). The molecule has 9 heteroatoms. The molecule has 1 fully saturated rings. The number of nitrogens with zero attached hydrogens (tertiary/aromatic N) is 3. The number of benzene rings is 2. The van der Waals surface area contributed by atoms with Gasteiger partial charge in [-0.1, -0.05) is 30.3 Å². The Hall–Kier alpha value is -4.11. The van der Waals surface area contributed by atoms with E-state index in [1.807, 2.05) is 12.1 Å². The molecule has 0 bridgehead atoms. The minimum atomic E-state index is -0.569. The fourth-order valence-electron chi connectivity index (χ4n) is 4.05. The highest BCUT2D eigenvalue weighted by molar-refractivity contribution is 7.80. The van der Waals surface area contributed by atoms with Crippen LogP contribution >= 0.6 is 12.2 Å². The normalized spacial score (nSPS) is 17.7. The average molecular weight is 460 g/mol. The van der Waals surface area contributed by atoms with Gasteiger partial charge >= 0.3 is 0 Å². The molecule has 0 amide bonds. The monoisotopic (exact) mass is 460 g/mol. The van der Waals surface area contributed by atoms with Gasteiger partial charge in [0.1, 0.15) is 23.4 Å². The van der Waals surface area contributed by atoms with E-state index in [9.17, 15) is 14.5 Å². The van der Waals surface area contributed by atoms with Crippen LogP contribution in [0.3, 0.4) is 0 Å². The van der Waals surface area contributed by atoms with Crippen LogP contribution in [0.2, 0.25) is 0 Å². The van der Waals surface area contributed by atoms with Crippen molar-refractivity contribution in [2.75, 3.05) is 4.90 Å². The molecule has 1 aliphatic rings. The Morgan fingerprint density at radius 1 is 1.03 bits per heavy atom. The van der Waals surface area contributed by atoms with E-state index < -0.39 is 22.8 Å². The number of anilines is 1. The molecule has 2 atom stereocenters. The summed E-state index contributed by atoms with van der Waals surface area (Å²) in [7, 11) is 0. The second-order valence-corrected chi connectivity index (χ2v) is 7.81. The first-order valence-corrected chi connectivity index (χ1v) is 10.5. The molecule has 1 N–H and O–H groups in total. The molecule has 1 saturated heterocycles. The predicted octanol–water partition coefficient (Wildman–Crippen LogP) is 5.57. The first-order chi connectivity index (χ1) is 16.0. The van der Waals surface area contributed by atoms with Crippen LogP contribution in [-0.4, -0.2) is 15.0 Å². The maximum Gasteiger partial charge on any atom is 0.280 e. The number of rotatable bonds is 5. The summed E-state index contributed by atoms with van der Waals surface area (Å²) in [6.45, 7) is 0. The third-order valence-corrected chi connectivity index (χ3v) is 5.81. The molecular formula is C24H17FN4O3S. The third-order valence-electron chi connectivity index (χ3n) is 5.49. The Morgan fingerprint density at radius 3 is 2.55 bits per heavy atom. The molecule has 2 aromatic heterocycles. The van der Waals surface area contributed by atoms with Gasteiger partial charge in [0.2, 0.25) is 0 Å². The second kappa shape index (κ2) is 8.44. The van der Waals surface area contributed by atoms with Gasteiger partial charge in [0.25, 0.3) is 5.69 Å². The lowest BCUT2D eigenvalue weighted by Crippen LogP contribution is -2.30. The number of hydrogen-bond acceptors (Lipinski definition) is 5. The molecule has 0 aliphatic carbocycles. The van der Waals surface area contributed by atoms with Crippen molar-refractivity contribution in [1.29, 1.82) is 0 Å². The number of aromatic nitrogens is 1. The summed E-state index contributed by atoms with van der Waals surface area (Å²) in [5.74, 6) is 0.372.